The highest BCUT2D eigenvalue weighted by Gasteiger charge is 2.24. The van der Waals surface area contributed by atoms with Crippen molar-refractivity contribution in [3.63, 3.8) is 0 Å². The maximum atomic E-state index is 13.2. The third-order valence-electron chi connectivity index (χ3n) is 4.01. The minimum atomic E-state index is -1.07. The molecule has 1 aromatic rings. The first kappa shape index (κ1) is 13.8. The topological polar surface area (TPSA) is 40.5 Å². The molecule has 1 saturated heterocycles. The number of anilines is 1. The van der Waals surface area contributed by atoms with Crippen LogP contribution in [0.1, 0.15) is 37.0 Å². The molecule has 0 amide bonds. The summed E-state index contributed by atoms with van der Waals surface area (Å²) >= 11 is 0. The fourth-order valence-corrected chi connectivity index (χ4v) is 2.76. The first-order valence-electron chi connectivity index (χ1n) is 6.77. The van der Waals surface area contributed by atoms with Gasteiger partial charge in [0.25, 0.3) is 0 Å². The molecule has 1 fully saturated rings. The molecule has 0 aromatic heterocycles. The molecule has 0 atom stereocenters. The van der Waals surface area contributed by atoms with Gasteiger partial charge >= 0.3 is 5.97 Å². The van der Waals surface area contributed by atoms with E-state index in [4.69, 9.17) is 5.11 Å². The minimum Gasteiger partial charge on any atom is -0.478 e. The molecule has 0 aliphatic carbocycles. The van der Waals surface area contributed by atoms with Crippen molar-refractivity contribution < 1.29 is 14.3 Å². The van der Waals surface area contributed by atoms with E-state index in [-0.39, 0.29) is 5.56 Å². The van der Waals surface area contributed by atoms with Gasteiger partial charge in [0.15, 0.2) is 0 Å². The van der Waals surface area contributed by atoms with Gasteiger partial charge in [-0.25, -0.2) is 9.18 Å². The van der Waals surface area contributed by atoms with Crippen LogP contribution < -0.4 is 4.90 Å². The number of hydrogen-bond donors (Lipinski definition) is 1. The van der Waals surface area contributed by atoms with E-state index in [1.54, 1.807) is 6.07 Å². The van der Waals surface area contributed by atoms with Crippen molar-refractivity contribution in [1.82, 2.24) is 0 Å². The van der Waals surface area contributed by atoms with Crippen LogP contribution in [0.2, 0.25) is 0 Å². The standard InChI is InChI=1S/C15H20FNO2/c1-10(2)11-5-7-17(8-6-11)14-4-3-12(16)9-13(14)15(18)19/h3-4,9-11H,5-8H2,1-2H3,(H,18,19). The van der Waals surface area contributed by atoms with Crippen molar-refractivity contribution in [2.75, 3.05) is 18.0 Å². The van der Waals surface area contributed by atoms with Crippen LogP contribution >= 0.6 is 0 Å². The molecule has 1 N–H and O–H groups in total. The second-order valence-corrected chi connectivity index (χ2v) is 5.54. The number of piperidine rings is 1. The molecule has 1 aliphatic rings. The van der Waals surface area contributed by atoms with Crippen molar-refractivity contribution >= 4 is 11.7 Å². The average molecular weight is 265 g/mol. The highest BCUT2D eigenvalue weighted by molar-refractivity contribution is 5.94. The van der Waals surface area contributed by atoms with E-state index in [9.17, 15) is 9.18 Å². The summed E-state index contributed by atoms with van der Waals surface area (Å²) in [6.07, 6.45) is 2.13. The Bertz CT molecular complexity index is 465. The Hall–Kier alpha value is -1.58. The average Bonchev–Trinajstić information content (AvgIpc) is 2.38. The molecule has 0 radical (unpaired) electrons. The normalized spacial score (nSPS) is 16.9. The van der Waals surface area contributed by atoms with Gasteiger partial charge in [-0.05, 0) is 42.9 Å². The van der Waals surface area contributed by atoms with Crippen molar-refractivity contribution in [2.24, 2.45) is 11.8 Å². The van der Waals surface area contributed by atoms with E-state index >= 15 is 0 Å². The summed E-state index contributed by atoms with van der Waals surface area (Å²) in [4.78, 5) is 13.3. The first-order chi connectivity index (χ1) is 8.99. The Labute approximate surface area is 113 Å². The van der Waals surface area contributed by atoms with E-state index in [0.29, 0.717) is 17.5 Å². The van der Waals surface area contributed by atoms with E-state index in [0.717, 1.165) is 32.0 Å². The lowest BCUT2D eigenvalue weighted by Gasteiger charge is -2.35. The quantitative estimate of drug-likeness (QED) is 0.910. The molecule has 2 rings (SSSR count). The molecular weight excluding hydrogens is 245 g/mol. The highest BCUT2D eigenvalue weighted by Crippen LogP contribution is 2.30. The third-order valence-corrected chi connectivity index (χ3v) is 4.01. The molecular formula is C15H20FNO2. The minimum absolute atomic E-state index is 0.0583. The van der Waals surface area contributed by atoms with Gasteiger partial charge in [0.1, 0.15) is 5.82 Å². The summed E-state index contributed by atoms with van der Waals surface area (Å²) in [6, 6.07) is 4.01. The van der Waals surface area contributed by atoms with E-state index in [1.165, 1.54) is 6.07 Å². The smallest absolute Gasteiger partial charge is 0.337 e. The van der Waals surface area contributed by atoms with E-state index < -0.39 is 11.8 Å². The third kappa shape index (κ3) is 3.06. The number of halogens is 1. The Morgan fingerprint density at radius 3 is 2.53 bits per heavy atom. The molecule has 19 heavy (non-hydrogen) atoms. The second-order valence-electron chi connectivity index (χ2n) is 5.54. The molecule has 104 valence electrons. The molecule has 0 saturated carbocycles. The predicted octanol–water partition coefficient (Wildman–Crippen LogP) is 3.40. The fraction of sp³-hybridized carbons (Fsp3) is 0.533. The SMILES string of the molecule is CC(C)C1CCN(c2ccc(F)cc2C(=O)O)CC1. The summed E-state index contributed by atoms with van der Waals surface area (Å²) in [5.41, 5.74) is 0.694. The summed E-state index contributed by atoms with van der Waals surface area (Å²) < 4.78 is 13.2. The van der Waals surface area contributed by atoms with Crippen LogP contribution in [0.15, 0.2) is 18.2 Å². The van der Waals surface area contributed by atoms with Gasteiger partial charge in [0, 0.05) is 13.1 Å². The zero-order chi connectivity index (χ0) is 14.0. The van der Waals surface area contributed by atoms with Gasteiger partial charge < -0.3 is 10.0 Å². The summed E-state index contributed by atoms with van der Waals surface area (Å²) in [5.74, 6) is -0.210. The molecule has 0 bridgehead atoms. The number of aromatic carboxylic acids is 1. The molecule has 1 heterocycles. The zero-order valence-corrected chi connectivity index (χ0v) is 11.4. The lowest BCUT2D eigenvalue weighted by molar-refractivity contribution is 0.0697. The second kappa shape index (κ2) is 5.59. The highest BCUT2D eigenvalue weighted by atomic mass is 19.1. The number of hydrogen-bond acceptors (Lipinski definition) is 2. The molecule has 0 spiro atoms. The molecule has 4 heteroatoms. The molecule has 1 aliphatic heterocycles. The molecule has 1 aromatic carbocycles. The first-order valence-corrected chi connectivity index (χ1v) is 6.77. The van der Waals surface area contributed by atoms with Crippen LogP contribution in [-0.2, 0) is 0 Å². The predicted molar refractivity (Wildman–Crippen MR) is 73.1 cm³/mol. The number of nitrogens with zero attached hydrogens (tertiary/aromatic N) is 1. The van der Waals surface area contributed by atoms with Crippen molar-refractivity contribution in [3.05, 3.63) is 29.6 Å². The van der Waals surface area contributed by atoms with Crippen LogP contribution in [0.3, 0.4) is 0 Å². The van der Waals surface area contributed by atoms with Gasteiger partial charge in [-0.15, -0.1) is 0 Å². The van der Waals surface area contributed by atoms with Gasteiger partial charge in [0.2, 0.25) is 0 Å². The number of carboxylic acid groups (broad SMARTS) is 1. The van der Waals surface area contributed by atoms with Crippen LogP contribution in [0, 0.1) is 17.7 Å². The number of carboxylic acids is 1. The lowest BCUT2D eigenvalue weighted by atomic mass is 9.86. The van der Waals surface area contributed by atoms with E-state index in [2.05, 4.69) is 18.7 Å². The summed E-state index contributed by atoms with van der Waals surface area (Å²) in [6.45, 7) is 6.13. The number of carbonyl (C=O) groups is 1. The summed E-state index contributed by atoms with van der Waals surface area (Å²) in [5, 5.41) is 9.17. The Kier molecular flexibility index (Phi) is 4.08. The van der Waals surface area contributed by atoms with Gasteiger partial charge in [-0.2, -0.15) is 0 Å². The van der Waals surface area contributed by atoms with Crippen molar-refractivity contribution in [3.8, 4) is 0 Å². The maximum Gasteiger partial charge on any atom is 0.337 e. The van der Waals surface area contributed by atoms with Gasteiger partial charge in [-0.1, -0.05) is 13.8 Å². The Balaban J connectivity index is 2.17. The molecule has 3 nitrogen and oxygen atoms in total. The van der Waals surface area contributed by atoms with Crippen LogP contribution in [0.5, 0.6) is 0 Å². The fourth-order valence-electron chi connectivity index (χ4n) is 2.76. The zero-order valence-electron chi connectivity index (χ0n) is 11.4. The van der Waals surface area contributed by atoms with Gasteiger partial charge in [-0.3, -0.25) is 0 Å². The number of benzene rings is 1. The van der Waals surface area contributed by atoms with Crippen molar-refractivity contribution in [2.45, 2.75) is 26.7 Å². The van der Waals surface area contributed by atoms with E-state index in [1.807, 2.05) is 0 Å². The summed E-state index contributed by atoms with van der Waals surface area (Å²) in [7, 11) is 0. The largest absolute Gasteiger partial charge is 0.478 e. The van der Waals surface area contributed by atoms with Crippen LogP contribution in [0.25, 0.3) is 0 Å². The Morgan fingerprint density at radius 2 is 2.00 bits per heavy atom. The van der Waals surface area contributed by atoms with Crippen LogP contribution in [-0.4, -0.2) is 24.2 Å². The maximum absolute atomic E-state index is 13.2. The lowest BCUT2D eigenvalue weighted by Crippen LogP contribution is -2.36. The Morgan fingerprint density at radius 1 is 1.37 bits per heavy atom. The monoisotopic (exact) mass is 265 g/mol. The molecule has 0 unspecified atom stereocenters. The van der Waals surface area contributed by atoms with Crippen molar-refractivity contribution in [1.29, 1.82) is 0 Å². The van der Waals surface area contributed by atoms with Gasteiger partial charge in [0.05, 0.1) is 11.3 Å². The number of rotatable bonds is 3. The van der Waals surface area contributed by atoms with Crippen LogP contribution in [0.4, 0.5) is 10.1 Å².